The number of hydrogen-bond donors (Lipinski definition) is 2. The van der Waals surface area contributed by atoms with Crippen molar-refractivity contribution in [2.45, 2.75) is 37.8 Å². The quantitative estimate of drug-likeness (QED) is 0.822. The summed E-state index contributed by atoms with van der Waals surface area (Å²) in [4.78, 5) is 11.8. The molecule has 1 amide bonds. The lowest BCUT2D eigenvalue weighted by Gasteiger charge is -2.37. The van der Waals surface area contributed by atoms with Crippen molar-refractivity contribution >= 4 is 17.2 Å². The summed E-state index contributed by atoms with van der Waals surface area (Å²) in [6, 6.07) is 2.09. The first-order valence-corrected chi connectivity index (χ1v) is 6.18. The second-order valence-electron chi connectivity index (χ2n) is 4.26. The van der Waals surface area contributed by atoms with Gasteiger partial charge in [0.05, 0.1) is 11.6 Å². The molecule has 1 aliphatic carbocycles. The monoisotopic (exact) mass is 224 g/mol. The maximum Gasteiger partial charge on any atom is 0.240 e. The molecule has 3 N–H and O–H groups in total. The van der Waals surface area contributed by atoms with E-state index in [1.54, 1.807) is 11.3 Å². The van der Waals surface area contributed by atoms with Crippen molar-refractivity contribution < 1.29 is 4.79 Å². The van der Waals surface area contributed by atoms with Gasteiger partial charge in [0.1, 0.15) is 0 Å². The number of carbonyl (C=O) groups is 1. The Hall–Kier alpha value is -0.870. The number of amides is 1. The minimum atomic E-state index is -0.593. The zero-order valence-corrected chi connectivity index (χ0v) is 9.64. The summed E-state index contributed by atoms with van der Waals surface area (Å²) in [5, 5.41) is 7.03. The second-order valence-corrected chi connectivity index (χ2v) is 5.04. The van der Waals surface area contributed by atoms with E-state index in [0.717, 1.165) is 24.8 Å². The zero-order chi connectivity index (χ0) is 10.9. The summed E-state index contributed by atoms with van der Waals surface area (Å²) in [6.45, 7) is 1.99. The van der Waals surface area contributed by atoms with E-state index in [2.05, 4.69) is 10.7 Å². The van der Waals surface area contributed by atoms with Crippen LogP contribution in [0.2, 0.25) is 0 Å². The van der Waals surface area contributed by atoms with Crippen molar-refractivity contribution in [1.29, 1.82) is 0 Å². The Kier molecular flexibility index (Phi) is 2.80. The fourth-order valence-electron chi connectivity index (χ4n) is 1.73. The van der Waals surface area contributed by atoms with E-state index in [0.29, 0.717) is 0 Å². The third-order valence-electron chi connectivity index (χ3n) is 3.09. The third-order valence-corrected chi connectivity index (χ3v) is 3.79. The zero-order valence-electron chi connectivity index (χ0n) is 8.82. The average molecular weight is 224 g/mol. The molecule has 0 aliphatic heterocycles. The van der Waals surface area contributed by atoms with Crippen LogP contribution in [0.25, 0.3) is 0 Å². The minimum absolute atomic E-state index is 0.00699. The Morgan fingerprint density at radius 2 is 2.40 bits per heavy atom. The standard InChI is InChI=1S/C11H16N2OS/c1-8(9-3-6-15-7-9)13-10(14)11(12)4-2-5-11/h3,6-8H,2,4-5,12H2,1H3,(H,13,14). The van der Waals surface area contributed by atoms with Gasteiger partial charge in [-0.1, -0.05) is 0 Å². The fourth-order valence-corrected chi connectivity index (χ4v) is 2.48. The van der Waals surface area contributed by atoms with Crippen LogP contribution in [0.4, 0.5) is 0 Å². The highest BCUT2D eigenvalue weighted by Gasteiger charge is 2.40. The van der Waals surface area contributed by atoms with Gasteiger partial charge in [0, 0.05) is 0 Å². The van der Waals surface area contributed by atoms with Gasteiger partial charge in [0.15, 0.2) is 0 Å². The average Bonchev–Trinajstić information content (AvgIpc) is 2.66. The number of nitrogens with one attached hydrogen (secondary N) is 1. The molecule has 1 unspecified atom stereocenters. The number of rotatable bonds is 3. The molecule has 1 aromatic rings. The van der Waals surface area contributed by atoms with Gasteiger partial charge in [0.25, 0.3) is 0 Å². The number of carbonyl (C=O) groups excluding carboxylic acids is 1. The third kappa shape index (κ3) is 2.06. The maximum absolute atomic E-state index is 11.8. The van der Waals surface area contributed by atoms with Crippen LogP contribution in [0.3, 0.4) is 0 Å². The van der Waals surface area contributed by atoms with Gasteiger partial charge >= 0.3 is 0 Å². The van der Waals surface area contributed by atoms with Gasteiger partial charge in [-0.2, -0.15) is 11.3 Å². The summed E-state index contributed by atoms with van der Waals surface area (Å²) >= 11 is 1.64. The molecular weight excluding hydrogens is 208 g/mol. The predicted molar refractivity (Wildman–Crippen MR) is 61.6 cm³/mol. The van der Waals surface area contributed by atoms with E-state index in [-0.39, 0.29) is 11.9 Å². The van der Waals surface area contributed by atoms with E-state index in [9.17, 15) is 4.79 Å². The Balaban J connectivity index is 1.94. The first kappa shape index (κ1) is 10.6. The molecule has 0 saturated heterocycles. The molecule has 1 atom stereocenters. The Morgan fingerprint density at radius 3 is 2.87 bits per heavy atom. The summed E-state index contributed by atoms with van der Waals surface area (Å²) in [7, 11) is 0. The van der Waals surface area contributed by atoms with Crippen LogP contribution in [0.5, 0.6) is 0 Å². The molecule has 0 aromatic carbocycles. The van der Waals surface area contributed by atoms with Gasteiger partial charge in [0.2, 0.25) is 5.91 Å². The summed E-state index contributed by atoms with van der Waals surface area (Å²) in [5.74, 6) is -0.00699. The topological polar surface area (TPSA) is 55.1 Å². The molecule has 15 heavy (non-hydrogen) atoms. The first-order valence-electron chi connectivity index (χ1n) is 5.24. The first-order chi connectivity index (χ1) is 7.12. The summed E-state index contributed by atoms with van der Waals surface area (Å²) in [6.07, 6.45) is 2.70. The van der Waals surface area contributed by atoms with E-state index in [1.165, 1.54) is 0 Å². The van der Waals surface area contributed by atoms with Crippen LogP contribution >= 0.6 is 11.3 Å². The second kappa shape index (κ2) is 3.94. The number of nitrogens with two attached hydrogens (primary N) is 1. The molecule has 1 aliphatic rings. The van der Waals surface area contributed by atoms with E-state index >= 15 is 0 Å². The van der Waals surface area contributed by atoms with Crippen molar-refractivity contribution in [3.05, 3.63) is 22.4 Å². The van der Waals surface area contributed by atoms with E-state index < -0.39 is 5.54 Å². The lowest BCUT2D eigenvalue weighted by Crippen LogP contribution is -2.58. The largest absolute Gasteiger partial charge is 0.348 e. The van der Waals surface area contributed by atoms with Crippen molar-refractivity contribution in [3.8, 4) is 0 Å². The van der Waals surface area contributed by atoms with Gasteiger partial charge in [-0.05, 0) is 48.6 Å². The maximum atomic E-state index is 11.8. The van der Waals surface area contributed by atoms with E-state index in [4.69, 9.17) is 5.73 Å². The van der Waals surface area contributed by atoms with Crippen LogP contribution in [-0.2, 0) is 4.79 Å². The van der Waals surface area contributed by atoms with Gasteiger partial charge in [-0.3, -0.25) is 4.79 Å². The number of thiophene rings is 1. The van der Waals surface area contributed by atoms with Gasteiger partial charge in [-0.15, -0.1) is 0 Å². The molecule has 0 radical (unpaired) electrons. The van der Waals surface area contributed by atoms with Crippen LogP contribution in [-0.4, -0.2) is 11.4 Å². The van der Waals surface area contributed by atoms with Crippen LogP contribution in [0.15, 0.2) is 16.8 Å². The van der Waals surface area contributed by atoms with Crippen molar-refractivity contribution in [2.75, 3.05) is 0 Å². The molecule has 1 heterocycles. The normalized spacial score (nSPS) is 20.4. The smallest absolute Gasteiger partial charge is 0.240 e. The highest BCUT2D eigenvalue weighted by molar-refractivity contribution is 7.07. The molecule has 2 rings (SSSR count). The molecule has 82 valence electrons. The van der Waals surface area contributed by atoms with Crippen molar-refractivity contribution in [2.24, 2.45) is 5.73 Å². The highest BCUT2D eigenvalue weighted by Crippen LogP contribution is 2.30. The fraction of sp³-hybridized carbons (Fsp3) is 0.545. The highest BCUT2D eigenvalue weighted by atomic mass is 32.1. The number of hydrogen-bond acceptors (Lipinski definition) is 3. The molecular formula is C11H16N2OS. The van der Waals surface area contributed by atoms with Gasteiger partial charge in [-0.25, -0.2) is 0 Å². The summed E-state index contributed by atoms with van der Waals surface area (Å²) in [5.41, 5.74) is 6.49. The van der Waals surface area contributed by atoms with Crippen molar-refractivity contribution in [1.82, 2.24) is 5.32 Å². The van der Waals surface area contributed by atoms with Crippen LogP contribution < -0.4 is 11.1 Å². The Morgan fingerprint density at radius 1 is 1.67 bits per heavy atom. The molecule has 4 heteroatoms. The molecule has 1 saturated carbocycles. The molecule has 0 bridgehead atoms. The summed E-state index contributed by atoms with van der Waals surface area (Å²) < 4.78 is 0. The molecule has 1 fully saturated rings. The van der Waals surface area contributed by atoms with Gasteiger partial charge < -0.3 is 11.1 Å². The molecule has 0 spiro atoms. The lowest BCUT2D eigenvalue weighted by atomic mass is 9.77. The van der Waals surface area contributed by atoms with Crippen LogP contribution in [0, 0.1) is 0 Å². The van der Waals surface area contributed by atoms with Crippen LogP contribution in [0.1, 0.15) is 37.8 Å². The lowest BCUT2D eigenvalue weighted by molar-refractivity contribution is -0.129. The molecule has 3 nitrogen and oxygen atoms in total. The Labute approximate surface area is 93.7 Å². The minimum Gasteiger partial charge on any atom is -0.348 e. The molecule has 1 aromatic heterocycles. The van der Waals surface area contributed by atoms with E-state index in [1.807, 2.05) is 18.4 Å². The van der Waals surface area contributed by atoms with Crippen molar-refractivity contribution in [3.63, 3.8) is 0 Å². The predicted octanol–water partition coefficient (Wildman–Crippen LogP) is 1.81. The Bertz CT molecular complexity index is 343. The SMILES string of the molecule is CC(NC(=O)C1(N)CCC1)c1ccsc1.